The van der Waals surface area contributed by atoms with Gasteiger partial charge in [-0.1, -0.05) is 17.7 Å². The number of halogens is 1. The quantitative estimate of drug-likeness (QED) is 0.690. The molecule has 6 rings (SSSR count). The van der Waals surface area contributed by atoms with Gasteiger partial charge in [0.05, 0.1) is 34.9 Å². The number of likely N-dealkylation sites (tertiary alicyclic amines) is 2. The second kappa shape index (κ2) is 8.87. The summed E-state index contributed by atoms with van der Waals surface area (Å²) in [5, 5.41) is 11.6. The molecule has 0 aliphatic carbocycles. The second-order valence-corrected chi connectivity index (χ2v) is 11.6. The number of piperazine rings is 1. The number of piperidine rings is 1. The molecule has 1 N–H and O–H groups in total. The van der Waals surface area contributed by atoms with Crippen LogP contribution in [0.4, 0.5) is 0 Å². The summed E-state index contributed by atoms with van der Waals surface area (Å²) in [6.07, 6.45) is 14.0. The second-order valence-electron chi connectivity index (χ2n) is 11.2. The molecule has 1 aromatic heterocycles. The SMILES string of the molecule is CN1CC2CCC(C1)N2C1=CC=CC2=N[C@@](C)([C@H]3CCC[C@@H](c4ncccc4Cl)N3C)C(CO)N12. The number of aliphatic hydroxyl groups excluding tert-OH is 1. The molecule has 6 heterocycles. The Hall–Kier alpha value is -1.93. The number of likely N-dealkylation sites (N-methyl/N-ethyl adjacent to an activating group) is 2. The van der Waals surface area contributed by atoms with Gasteiger partial charge in [0.1, 0.15) is 11.7 Å². The molecule has 1 aromatic rings. The summed E-state index contributed by atoms with van der Waals surface area (Å²) in [7, 11) is 4.42. The fourth-order valence-electron chi connectivity index (χ4n) is 7.56. The predicted molar refractivity (Wildman–Crippen MR) is 139 cm³/mol. The number of rotatable bonds is 4. The zero-order chi connectivity index (χ0) is 24.3. The third kappa shape index (κ3) is 3.66. The molecule has 0 spiro atoms. The maximum Gasteiger partial charge on any atom is 0.130 e. The van der Waals surface area contributed by atoms with Gasteiger partial charge < -0.3 is 19.8 Å². The standard InChI is InChI=1S/C27H37ClN6O/c1-27(22-9-4-8-21(32(22)3)26-20(28)7-6-14-29-26)23(17-35)34-24(30-27)10-5-11-25(34)33-18-12-13-19(33)16-31(2)15-18/h5-7,10-11,14,18-19,21-23,35H,4,8-9,12-13,15-17H2,1-3H3/t18?,19?,21-,22+,23?,27-/m0/s1. The molecule has 0 aromatic carbocycles. The van der Waals surface area contributed by atoms with Crippen molar-refractivity contribution in [1.82, 2.24) is 24.6 Å². The first-order chi connectivity index (χ1) is 16.9. The molecular weight excluding hydrogens is 460 g/mol. The zero-order valence-electron chi connectivity index (χ0n) is 21.0. The summed E-state index contributed by atoms with van der Waals surface area (Å²) in [5.74, 6) is 2.20. The molecule has 5 aliphatic rings. The van der Waals surface area contributed by atoms with E-state index in [1.807, 2.05) is 18.3 Å². The van der Waals surface area contributed by atoms with Crippen molar-refractivity contribution >= 4 is 17.4 Å². The van der Waals surface area contributed by atoms with Crippen LogP contribution in [0.3, 0.4) is 0 Å². The van der Waals surface area contributed by atoms with Crippen LogP contribution < -0.4 is 0 Å². The highest BCUT2D eigenvalue weighted by molar-refractivity contribution is 6.31. The molecule has 6 atom stereocenters. The van der Waals surface area contributed by atoms with Crippen molar-refractivity contribution in [2.75, 3.05) is 33.8 Å². The van der Waals surface area contributed by atoms with E-state index in [1.165, 1.54) is 18.7 Å². The topological polar surface area (TPSA) is 58.4 Å². The van der Waals surface area contributed by atoms with Gasteiger partial charge in [-0.15, -0.1) is 0 Å². The van der Waals surface area contributed by atoms with E-state index in [9.17, 15) is 5.11 Å². The minimum Gasteiger partial charge on any atom is -0.394 e. The average Bonchev–Trinajstić information content (AvgIpc) is 3.29. The maximum atomic E-state index is 10.8. The lowest BCUT2D eigenvalue weighted by Gasteiger charge is -2.50. The van der Waals surface area contributed by atoms with Gasteiger partial charge in [-0.2, -0.15) is 0 Å². The lowest BCUT2D eigenvalue weighted by atomic mass is 9.78. The lowest BCUT2D eigenvalue weighted by Crippen LogP contribution is -2.62. The Morgan fingerprint density at radius 2 is 1.91 bits per heavy atom. The number of pyridine rings is 1. The molecule has 7 nitrogen and oxygen atoms in total. The Kier molecular flexibility index (Phi) is 5.95. The van der Waals surface area contributed by atoms with E-state index in [1.54, 1.807) is 0 Å². The van der Waals surface area contributed by atoms with Gasteiger partial charge in [0.15, 0.2) is 0 Å². The smallest absolute Gasteiger partial charge is 0.130 e. The molecule has 3 fully saturated rings. The van der Waals surface area contributed by atoms with E-state index >= 15 is 0 Å². The number of amidine groups is 1. The average molecular weight is 497 g/mol. The first-order valence-electron chi connectivity index (χ1n) is 13.1. The van der Waals surface area contributed by atoms with Crippen LogP contribution >= 0.6 is 11.6 Å². The highest BCUT2D eigenvalue weighted by atomic mass is 35.5. The van der Waals surface area contributed by atoms with Crippen LogP contribution in [0.25, 0.3) is 0 Å². The Morgan fingerprint density at radius 1 is 1.14 bits per heavy atom. The highest BCUT2D eigenvalue weighted by Crippen LogP contribution is 2.46. The highest BCUT2D eigenvalue weighted by Gasteiger charge is 2.55. The van der Waals surface area contributed by atoms with Crippen molar-refractivity contribution in [2.24, 2.45) is 4.99 Å². The summed E-state index contributed by atoms with van der Waals surface area (Å²) in [6.45, 7) is 4.50. The Bertz CT molecular complexity index is 1060. The number of nitrogens with zero attached hydrogens (tertiary/aromatic N) is 6. The monoisotopic (exact) mass is 496 g/mol. The van der Waals surface area contributed by atoms with Crippen LogP contribution in [-0.4, -0.2) is 99.0 Å². The van der Waals surface area contributed by atoms with Gasteiger partial charge in [0, 0.05) is 37.4 Å². The summed E-state index contributed by atoms with van der Waals surface area (Å²) in [4.78, 5) is 19.9. The largest absolute Gasteiger partial charge is 0.394 e. The number of fused-ring (bicyclic) bond motifs is 3. The molecule has 3 unspecified atom stereocenters. The predicted octanol–water partition coefficient (Wildman–Crippen LogP) is 3.28. The molecule has 0 radical (unpaired) electrons. The molecule has 188 valence electrons. The maximum absolute atomic E-state index is 10.8. The van der Waals surface area contributed by atoms with Crippen molar-refractivity contribution in [3.63, 3.8) is 0 Å². The van der Waals surface area contributed by atoms with Crippen LogP contribution in [0.2, 0.25) is 5.02 Å². The van der Waals surface area contributed by atoms with Crippen molar-refractivity contribution < 1.29 is 5.11 Å². The summed E-state index contributed by atoms with van der Waals surface area (Å²) in [5.41, 5.74) is 0.501. The lowest BCUT2D eigenvalue weighted by molar-refractivity contribution is 0.0180. The number of aromatic nitrogens is 1. The van der Waals surface area contributed by atoms with Gasteiger partial charge in [0.25, 0.3) is 0 Å². The number of aliphatic imine (C=N–C) groups is 1. The molecule has 8 heteroatoms. The third-order valence-corrected chi connectivity index (χ3v) is 9.46. The van der Waals surface area contributed by atoms with Gasteiger partial charge in [-0.05, 0) is 77.4 Å². The summed E-state index contributed by atoms with van der Waals surface area (Å²) in [6, 6.07) is 5.08. The Labute approximate surface area is 213 Å². The molecular formula is C27H37ClN6O. The zero-order valence-corrected chi connectivity index (χ0v) is 21.8. The summed E-state index contributed by atoms with van der Waals surface area (Å²) < 4.78 is 0. The van der Waals surface area contributed by atoms with E-state index < -0.39 is 5.54 Å². The van der Waals surface area contributed by atoms with E-state index in [0.29, 0.717) is 12.1 Å². The van der Waals surface area contributed by atoms with E-state index in [4.69, 9.17) is 16.6 Å². The fourth-order valence-corrected chi connectivity index (χ4v) is 7.81. The number of hydrogen-bond donors (Lipinski definition) is 1. The van der Waals surface area contributed by atoms with E-state index in [-0.39, 0.29) is 24.7 Å². The van der Waals surface area contributed by atoms with Crippen LogP contribution in [0, 0.1) is 0 Å². The molecule has 0 amide bonds. The normalized spacial score (nSPS) is 37.5. The van der Waals surface area contributed by atoms with Crippen LogP contribution in [0.15, 0.2) is 47.4 Å². The molecule has 35 heavy (non-hydrogen) atoms. The summed E-state index contributed by atoms with van der Waals surface area (Å²) >= 11 is 6.58. The first-order valence-corrected chi connectivity index (χ1v) is 13.5. The third-order valence-electron chi connectivity index (χ3n) is 9.14. The molecule has 0 saturated carbocycles. The molecule has 5 aliphatic heterocycles. The van der Waals surface area contributed by atoms with Gasteiger partial charge in [0.2, 0.25) is 0 Å². The van der Waals surface area contributed by atoms with Crippen molar-refractivity contribution in [3.8, 4) is 0 Å². The van der Waals surface area contributed by atoms with Crippen molar-refractivity contribution in [1.29, 1.82) is 0 Å². The molecule has 2 bridgehead atoms. The van der Waals surface area contributed by atoms with Gasteiger partial charge >= 0.3 is 0 Å². The van der Waals surface area contributed by atoms with Gasteiger partial charge in [-0.3, -0.25) is 14.9 Å². The fraction of sp³-hybridized carbons (Fsp3) is 0.630. The number of hydrogen-bond acceptors (Lipinski definition) is 7. The van der Waals surface area contributed by atoms with Gasteiger partial charge in [-0.25, -0.2) is 0 Å². The number of allylic oxidation sites excluding steroid dienone is 2. The first kappa shape index (κ1) is 23.5. The molecule has 3 saturated heterocycles. The van der Waals surface area contributed by atoms with Crippen molar-refractivity contribution in [3.05, 3.63) is 53.1 Å². The Morgan fingerprint density at radius 3 is 2.63 bits per heavy atom. The van der Waals surface area contributed by atoms with Crippen molar-refractivity contribution in [2.45, 2.75) is 74.8 Å². The van der Waals surface area contributed by atoms with E-state index in [0.717, 1.165) is 48.9 Å². The van der Waals surface area contributed by atoms with Crippen LogP contribution in [-0.2, 0) is 0 Å². The van der Waals surface area contributed by atoms with E-state index in [2.05, 4.69) is 63.8 Å². The minimum atomic E-state index is -0.446. The van der Waals surface area contributed by atoms with Crippen LogP contribution in [0.5, 0.6) is 0 Å². The minimum absolute atomic E-state index is 0.0666. The Balaban J connectivity index is 1.33. The number of aliphatic hydroxyl groups is 1. The van der Waals surface area contributed by atoms with Crippen LogP contribution in [0.1, 0.15) is 50.8 Å².